The summed E-state index contributed by atoms with van der Waals surface area (Å²) in [6.07, 6.45) is 0. The molecule has 2 heterocycles. The molecule has 0 saturated carbocycles. The summed E-state index contributed by atoms with van der Waals surface area (Å²) in [5, 5.41) is 0.881. The third-order valence-corrected chi connectivity index (χ3v) is 3.05. The van der Waals surface area contributed by atoms with Crippen molar-refractivity contribution in [3.8, 4) is 17.0 Å². The molecule has 4 nitrogen and oxygen atoms in total. The molecule has 3 aromatic rings. The van der Waals surface area contributed by atoms with Gasteiger partial charge in [0.25, 0.3) is 5.56 Å². The van der Waals surface area contributed by atoms with Crippen LogP contribution in [0.2, 0.25) is 0 Å². The monoisotopic (exact) mass is 266 g/mol. The molecule has 4 heteroatoms. The molecule has 0 radical (unpaired) electrons. The van der Waals surface area contributed by atoms with E-state index in [0.29, 0.717) is 23.7 Å². The van der Waals surface area contributed by atoms with Crippen molar-refractivity contribution in [1.82, 2.24) is 9.97 Å². The molecule has 1 aromatic carbocycles. The molecule has 20 heavy (non-hydrogen) atoms. The molecule has 0 spiro atoms. The van der Waals surface area contributed by atoms with Gasteiger partial charge in [-0.1, -0.05) is 30.3 Å². The van der Waals surface area contributed by atoms with Gasteiger partial charge in [0.05, 0.1) is 6.61 Å². The summed E-state index contributed by atoms with van der Waals surface area (Å²) in [6, 6.07) is 15.1. The van der Waals surface area contributed by atoms with Gasteiger partial charge in [0, 0.05) is 17.0 Å². The molecule has 3 rings (SSSR count). The summed E-state index contributed by atoms with van der Waals surface area (Å²) < 4.78 is 5.34. The first-order valence-electron chi connectivity index (χ1n) is 6.50. The van der Waals surface area contributed by atoms with Crippen LogP contribution in [0.1, 0.15) is 6.92 Å². The number of pyridine rings is 2. The number of aromatic nitrogens is 2. The molecular weight excluding hydrogens is 252 g/mol. The van der Waals surface area contributed by atoms with E-state index in [-0.39, 0.29) is 5.56 Å². The van der Waals surface area contributed by atoms with Crippen LogP contribution in [0, 0.1) is 0 Å². The van der Waals surface area contributed by atoms with Crippen molar-refractivity contribution in [1.29, 1.82) is 0 Å². The Balaban J connectivity index is 2.16. The smallest absolute Gasteiger partial charge is 0.257 e. The van der Waals surface area contributed by atoms with Crippen LogP contribution in [-0.2, 0) is 0 Å². The van der Waals surface area contributed by atoms with Crippen molar-refractivity contribution in [3.05, 3.63) is 58.9 Å². The molecule has 0 atom stereocenters. The molecule has 0 aliphatic rings. The maximum Gasteiger partial charge on any atom is 0.257 e. The number of nitrogens with zero attached hydrogens (tertiary/aromatic N) is 1. The number of rotatable bonds is 3. The molecule has 1 N–H and O–H groups in total. The molecule has 0 amide bonds. The first-order valence-corrected chi connectivity index (χ1v) is 6.50. The molecule has 0 bridgehead atoms. The number of hydrogen-bond donors (Lipinski definition) is 1. The molecule has 0 aliphatic heterocycles. The number of ether oxygens (including phenoxy) is 1. The number of H-pyrrole nitrogens is 1. The van der Waals surface area contributed by atoms with Crippen LogP contribution in [0.4, 0.5) is 0 Å². The average Bonchev–Trinajstić information content (AvgIpc) is 2.48. The lowest BCUT2D eigenvalue weighted by Gasteiger charge is -2.05. The molecule has 2 aromatic heterocycles. The molecule has 0 unspecified atom stereocenters. The zero-order valence-electron chi connectivity index (χ0n) is 11.1. The predicted octanol–water partition coefficient (Wildman–Crippen LogP) is 2.99. The standard InChI is InChI=1S/C16H14N2O2/c1-2-20-14-9-8-12-10-13(11-6-4-3-5-7-11)16(19)18-15(12)17-14/h3-10H,2H2,1H3,(H,17,18,19). The van der Waals surface area contributed by atoms with Crippen LogP contribution >= 0.6 is 0 Å². The summed E-state index contributed by atoms with van der Waals surface area (Å²) in [5.74, 6) is 0.517. The number of fused-ring (bicyclic) bond motifs is 1. The third-order valence-electron chi connectivity index (χ3n) is 3.05. The molecule has 0 fully saturated rings. The fourth-order valence-electron chi connectivity index (χ4n) is 2.12. The van der Waals surface area contributed by atoms with Gasteiger partial charge in [-0.25, -0.2) is 0 Å². The minimum absolute atomic E-state index is 0.148. The van der Waals surface area contributed by atoms with E-state index in [1.165, 1.54) is 0 Å². The largest absolute Gasteiger partial charge is 0.478 e. The Hall–Kier alpha value is -2.62. The van der Waals surface area contributed by atoms with Gasteiger partial charge in [-0.15, -0.1) is 0 Å². The van der Waals surface area contributed by atoms with Crippen molar-refractivity contribution >= 4 is 11.0 Å². The van der Waals surface area contributed by atoms with Crippen LogP contribution in [-0.4, -0.2) is 16.6 Å². The van der Waals surface area contributed by atoms with E-state index < -0.39 is 0 Å². The lowest BCUT2D eigenvalue weighted by molar-refractivity contribution is 0.328. The second kappa shape index (κ2) is 5.17. The Morgan fingerprint density at radius 3 is 2.70 bits per heavy atom. The highest BCUT2D eigenvalue weighted by Gasteiger charge is 2.06. The second-order valence-corrected chi connectivity index (χ2v) is 4.40. The van der Waals surface area contributed by atoms with Gasteiger partial charge >= 0.3 is 0 Å². The van der Waals surface area contributed by atoms with Gasteiger partial charge < -0.3 is 9.72 Å². The maximum absolute atomic E-state index is 12.2. The van der Waals surface area contributed by atoms with Crippen molar-refractivity contribution in [3.63, 3.8) is 0 Å². The van der Waals surface area contributed by atoms with E-state index in [1.807, 2.05) is 49.4 Å². The van der Waals surface area contributed by atoms with Crippen molar-refractivity contribution in [2.75, 3.05) is 6.61 Å². The van der Waals surface area contributed by atoms with Crippen LogP contribution in [0.3, 0.4) is 0 Å². The van der Waals surface area contributed by atoms with Crippen molar-refractivity contribution in [2.45, 2.75) is 6.92 Å². The zero-order chi connectivity index (χ0) is 13.9. The van der Waals surface area contributed by atoms with Crippen molar-refractivity contribution in [2.24, 2.45) is 0 Å². The number of benzene rings is 1. The Morgan fingerprint density at radius 1 is 1.15 bits per heavy atom. The summed E-state index contributed by atoms with van der Waals surface area (Å²) in [7, 11) is 0. The van der Waals surface area contributed by atoms with Crippen LogP contribution in [0.5, 0.6) is 5.88 Å². The van der Waals surface area contributed by atoms with Crippen LogP contribution in [0.15, 0.2) is 53.3 Å². The summed E-state index contributed by atoms with van der Waals surface area (Å²) in [4.78, 5) is 19.3. The number of nitrogens with one attached hydrogen (secondary N) is 1. The Bertz CT molecular complexity index is 794. The fraction of sp³-hybridized carbons (Fsp3) is 0.125. The van der Waals surface area contributed by atoms with E-state index in [1.54, 1.807) is 6.07 Å². The quantitative estimate of drug-likeness (QED) is 0.793. The van der Waals surface area contributed by atoms with E-state index in [0.717, 1.165) is 10.9 Å². The number of aromatic amines is 1. The first-order chi connectivity index (χ1) is 9.78. The molecule has 0 saturated heterocycles. The summed E-state index contributed by atoms with van der Waals surface area (Å²) in [6.45, 7) is 2.44. The average molecular weight is 266 g/mol. The Morgan fingerprint density at radius 2 is 1.95 bits per heavy atom. The predicted molar refractivity (Wildman–Crippen MR) is 79.0 cm³/mol. The normalized spacial score (nSPS) is 10.7. The molecule has 0 aliphatic carbocycles. The van der Waals surface area contributed by atoms with E-state index >= 15 is 0 Å². The number of hydrogen-bond acceptors (Lipinski definition) is 3. The van der Waals surface area contributed by atoms with Gasteiger partial charge in [-0.05, 0) is 24.6 Å². The van der Waals surface area contributed by atoms with Gasteiger partial charge in [0.1, 0.15) is 5.65 Å². The lowest BCUT2D eigenvalue weighted by Crippen LogP contribution is -2.09. The van der Waals surface area contributed by atoms with E-state index in [9.17, 15) is 4.79 Å². The second-order valence-electron chi connectivity index (χ2n) is 4.40. The maximum atomic E-state index is 12.2. The van der Waals surface area contributed by atoms with Gasteiger partial charge in [0.15, 0.2) is 0 Å². The van der Waals surface area contributed by atoms with Gasteiger partial charge in [-0.3, -0.25) is 4.79 Å². The molecular formula is C16H14N2O2. The highest BCUT2D eigenvalue weighted by atomic mass is 16.5. The Labute approximate surface area is 116 Å². The van der Waals surface area contributed by atoms with Gasteiger partial charge in [-0.2, -0.15) is 4.98 Å². The first kappa shape index (κ1) is 12.4. The molecule has 100 valence electrons. The minimum atomic E-state index is -0.148. The van der Waals surface area contributed by atoms with Crippen molar-refractivity contribution < 1.29 is 4.74 Å². The van der Waals surface area contributed by atoms with Crippen LogP contribution < -0.4 is 10.3 Å². The highest BCUT2D eigenvalue weighted by molar-refractivity contribution is 5.81. The zero-order valence-corrected chi connectivity index (χ0v) is 11.1. The topological polar surface area (TPSA) is 55.0 Å². The van der Waals surface area contributed by atoms with E-state index in [2.05, 4.69) is 9.97 Å². The minimum Gasteiger partial charge on any atom is -0.478 e. The summed E-state index contributed by atoms with van der Waals surface area (Å²) >= 11 is 0. The SMILES string of the molecule is CCOc1ccc2cc(-c3ccccc3)c(=O)[nH]c2n1. The third kappa shape index (κ3) is 2.28. The lowest BCUT2D eigenvalue weighted by atomic mass is 10.1. The van der Waals surface area contributed by atoms with Gasteiger partial charge in [0.2, 0.25) is 5.88 Å². The summed E-state index contributed by atoms with van der Waals surface area (Å²) in [5.41, 5.74) is 1.93. The van der Waals surface area contributed by atoms with Crippen LogP contribution in [0.25, 0.3) is 22.2 Å². The highest BCUT2D eigenvalue weighted by Crippen LogP contribution is 2.20. The fourth-order valence-corrected chi connectivity index (χ4v) is 2.12. The van der Waals surface area contributed by atoms with E-state index in [4.69, 9.17) is 4.74 Å². The Kier molecular flexibility index (Phi) is 3.21.